The molecule has 0 unspecified atom stereocenters. The molecule has 94 valence electrons. The highest BCUT2D eigenvalue weighted by molar-refractivity contribution is 5.58. The van der Waals surface area contributed by atoms with Gasteiger partial charge in [0.2, 0.25) is 0 Å². The minimum Gasteiger partial charge on any atom is -0.357 e. The highest BCUT2D eigenvalue weighted by atomic mass is 15.3. The molecule has 3 N–H and O–H groups in total. The SMILES string of the molecule is Cc1c(NN)nc(C2CC2)nc1N(C)C(C)C. The molecule has 0 saturated heterocycles. The predicted molar refractivity (Wildman–Crippen MR) is 70.1 cm³/mol. The van der Waals surface area contributed by atoms with Gasteiger partial charge < -0.3 is 10.3 Å². The smallest absolute Gasteiger partial charge is 0.148 e. The van der Waals surface area contributed by atoms with Crippen LogP contribution in [0, 0.1) is 6.92 Å². The third kappa shape index (κ3) is 2.34. The highest BCUT2D eigenvalue weighted by Crippen LogP contribution is 2.39. The number of anilines is 2. The Morgan fingerprint density at radius 2 is 2.00 bits per heavy atom. The first-order valence-corrected chi connectivity index (χ1v) is 6.12. The van der Waals surface area contributed by atoms with Crippen molar-refractivity contribution in [1.82, 2.24) is 9.97 Å². The van der Waals surface area contributed by atoms with Gasteiger partial charge in [0.05, 0.1) is 0 Å². The van der Waals surface area contributed by atoms with Gasteiger partial charge in [-0.05, 0) is 33.6 Å². The minimum absolute atomic E-state index is 0.404. The summed E-state index contributed by atoms with van der Waals surface area (Å²) in [6, 6.07) is 0.404. The van der Waals surface area contributed by atoms with E-state index < -0.39 is 0 Å². The first kappa shape index (κ1) is 12.1. The zero-order valence-corrected chi connectivity index (χ0v) is 11.0. The van der Waals surface area contributed by atoms with E-state index in [2.05, 4.69) is 41.2 Å². The van der Waals surface area contributed by atoms with E-state index in [0.29, 0.717) is 12.0 Å². The van der Waals surface area contributed by atoms with E-state index in [4.69, 9.17) is 5.84 Å². The second-order valence-electron chi connectivity index (χ2n) is 5.00. The number of rotatable bonds is 4. The van der Waals surface area contributed by atoms with Crippen molar-refractivity contribution in [3.8, 4) is 0 Å². The Morgan fingerprint density at radius 3 is 2.47 bits per heavy atom. The number of hydrogen-bond donors (Lipinski definition) is 2. The lowest BCUT2D eigenvalue weighted by molar-refractivity contribution is 0.731. The summed E-state index contributed by atoms with van der Waals surface area (Å²) in [5.41, 5.74) is 3.68. The molecule has 5 heteroatoms. The van der Waals surface area contributed by atoms with Gasteiger partial charge in [0.15, 0.2) is 0 Å². The van der Waals surface area contributed by atoms with E-state index >= 15 is 0 Å². The van der Waals surface area contributed by atoms with Crippen LogP contribution < -0.4 is 16.2 Å². The van der Waals surface area contributed by atoms with Crippen LogP contribution in [-0.2, 0) is 0 Å². The Bertz CT molecular complexity index is 412. The van der Waals surface area contributed by atoms with Crippen molar-refractivity contribution in [2.24, 2.45) is 5.84 Å². The maximum Gasteiger partial charge on any atom is 0.148 e. The Morgan fingerprint density at radius 1 is 1.35 bits per heavy atom. The van der Waals surface area contributed by atoms with Crippen LogP contribution in [0.4, 0.5) is 11.6 Å². The van der Waals surface area contributed by atoms with Crippen LogP contribution in [0.1, 0.15) is 44.0 Å². The van der Waals surface area contributed by atoms with Crippen molar-refractivity contribution < 1.29 is 0 Å². The maximum atomic E-state index is 5.53. The molecule has 5 nitrogen and oxygen atoms in total. The van der Waals surface area contributed by atoms with Gasteiger partial charge in [-0.15, -0.1) is 0 Å². The average Bonchev–Trinajstić information content (AvgIpc) is 3.12. The van der Waals surface area contributed by atoms with Crippen LogP contribution >= 0.6 is 0 Å². The van der Waals surface area contributed by atoms with E-state index in [-0.39, 0.29) is 0 Å². The van der Waals surface area contributed by atoms with E-state index in [1.54, 1.807) is 0 Å². The fourth-order valence-electron chi connectivity index (χ4n) is 1.77. The van der Waals surface area contributed by atoms with Gasteiger partial charge in [0.25, 0.3) is 0 Å². The fourth-order valence-corrected chi connectivity index (χ4v) is 1.77. The third-order valence-electron chi connectivity index (χ3n) is 3.33. The molecule has 0 radical (unpaired) electrons. The van der Waals surface area contributed by atoms with E-state index in [9.17, 15) is 0 Å². The summed E-state index contributed by atoms with van der Waals surface area (Å²) >= 11 is 0. The summed E-state index contributed by atoms with van der Waals surface area (Å²) in [6.07, 6.45) is 2.38. The molecule has 1 fully saturated rings. The van der Waals surface area contributed by atoms with E-state index in [1.807, 2.05) is 6.92 Å². The molecule has 1 aromatic rings. The summed E-state index contributed by atoms with van der Waals surface area (Å²) in [4.78, 5) is 11.3. The standard InChI is InChI=1S/C12H21N5/c1-7(2)17(4)12-8(3)10(16-13)14-11(15-12)9-5-6-9/h7,9H,5-6,13H2,1-4H3,(H,14,15,16). The van der Waals surface area contributed by atoms with Crippen molar-refractivity contribution in [2.75, 3.05) is 17.4 Å². The number of nitrogen functional groups attached to an aromatic ring is 1. The summed E-state index contributed by atoms with van der Waals surface area (Å²) < 4.78 is 0. The van der Waals surface area contributed by atoms with Crippen LogP contribution in [0.25, 0.3) is 0 Å². The topological polar surface area (TPSA) is 67.1 Å². The van der Waals surface area contributed by atoms with Crippen LogP contribution in [0.5, 0.6) is 0 Å². The van der Waals surface area contributed by atoms with E-state index in [0.717, 1.165) is 23.0 Å². The van der Waals surface area contributed by atoms with Gasteiger partial charge in [-0.25, -0.2) is 15.8 Å². The number of nitrogens with zero attached hydrogens (tertiary/aromatic N) is 3. The Hall–Kier alpha value is -1.36. The summed E-state index contributed by atoms with van der Waals surface area (Å²) in [5, 5.41) is 0. The van der Waals surface area contributed by atoms with Crippen LogP contribution in [-0.4, -0.2) is 23.1 Å². The number of nitrogens with two attached hydrogens (primary N) is 1. The number of nitrogens with one attached hydrogen (secondary N) is 1. The van der Waals surface area contributed by atoms with Crippen molar-refractivity contribution in [1.29, 1.82) is 0 Å². The summed E-state index contributed by atoms with van der Waals surface area (Å²) in [5.74, 6) is 8.70. The lowest BCUT2D eigenvalue weighted by atomic mass is 10.2. The molecule has 1 aliphatic carbocycles. The monoisotopic (exact) mass is 235 g/mol. The molecule has 0 aromatic carbocycles. The van der Waals surface area contributed by atoms with Crippen LogP contribution in [0.3, 0.4) is 0 Å². The van der Waals surface area contributed by atoms with Crippen molar-refractivity contribution in [3.63, 3.8) is 0 Å². The van der Waals surface area contributed by atoms with Gasteiger partial charge in [-0.1, -0.05) is 0 Å². The molecule has 0 bridgehead atoms. The van der Waals surface area contributed by atoms with Crippen LogP contribution in [0.2, 0.25) is 0 Å². The molecule has 2 rings (SSSR count). The fraction of sp³-hybridized carbons (Fsp3) is 0.667. The second kappa shape index (κ2) is 4.49. The van der Waals surface area contributed by atoms with Crippen molar-refractivity contribution >= 4 is 11.6 Å². The molecule has 1 aromatic heterocycles. The Labute approximate surface area is 102 Å². The molecule has 17 heavy (non-hydrogen) atoms. The number of aromatic nitrogens is 2. The molecule has 0 spiro atoms. The Kier molecular flexibility index (Phi) is 3.19. The zero-order valence-electron chi connectivity index (χ0n) is 11.0. The van der Waals surface area contributed by atoms with Gasteiger partial charge in [-0.2, -0.15) is 0 Å². The largest absolute Gasteiger partial charge is 0.357 e. The van der Waals surface area contributed by atoms with E-state index in [1.165, 1.54) is 12.8 Å². The summed E-state index contributed by atoms with van der Waals surface area (Å²) in [6.45, 7) is 6.29. The number of hydrogen-bond acceptors (Lipinski definition) is 5. The quantitative estimate of drug-likeness (QED) is 0.615. The van der Waals surface area contributed by atoms with Crippen LogP contribution in [0.15, 0.2) is 0 Å². The first-order valence-electron chi connectivity index (χ1n) is 6.12. The maximum absolute atomic E-state index is 5.53. The average molecular weight is 235 g/mol. The second-order valence-corrected chi connectivity index (χ2v) is 5.00. The molecule has 1 aliphatic rings. The normalized spacial score (nSPS) is 15.2. The molecule has 0 aliphatic heterocycles. The lowest BCUT2D eigenvalue weighted by Crippen LogP contribution is -2.28. The number of hydrazine groups is 1. The lowest BCUT2D eigenvalue weighted by Gasteiger charge is -2.25. The summed E-state index contributed by atoms with van der Waals surface area (Å²) in [7, 11) is 2.05. The molecule has 0 amide bonds. The molecular weight excluding hydrogens is 214 g/mol. The van der Waals surface area contributed by atoms with Gasteiger partial charge in [0.1, 0.15) is 17.5 Å². The van der Waals surface area contributed by atoms with Crippen molar-refractivity contribution in [2.45, 2.75) is 45.6 Å². The highest BCUT2D eigenvalue weighted by Gasteiger charge is 2.28. The molecule has 1 saturated carbocycles. The Balaban J connectivity index is 2.44. The van der Waals surface area contributed by atoms with Gasteiger partial charge in [0, 0.05) is 24.6 Å². The zero-order chi connectivity index (χ0) is 12.6. The molecule has 1 heterocycles. The van der Waals surface area contributed by atoms with Crippen molar-refractivity contribution in [3.05, 3.63) is 11.4 Å². The van der Waals surface area contributed by atoms with Gasteiger partial charge in [-0.3, -0.25) is 0 Å². The minimum atomic E-state index is 0.404. The third-order valence-corrected chi connectivity index (χ3v) is 3.33. The molecule has 0 atom stereocenters. The first-order chi connectivity index (χ1) is 8.04. The van der Waals surface area contributed by atoms with Gasteiger partial charge >= 0.3 is 0 Å². The predicted octanol–water partition coefficient (Wildman–Crippen LogP) is 1.79. The molecular formula is C12H21N5.